The fourth-order valence-electron chi connectivity index (χ4n) is 1.35. The summed E-state index contributed by atoms with van der Waals surface area (Å²) < 4.78 is 1.06. The highest BCUT2D eigenvalue weighted by Crippen LogP contribution is 2.21. The van der Waals surface area contributed by atoms with Crippen LogP contribution in [0.4, 0.5) is 5.69 Å². The van der Waals surface area contributed by atoms with Gasteiger partial charge in [-0.15, -0.1) is 11.3 Å². The minimum absolute atomic E-state index is 0.147. The molecule has 0 spiro atoms. The Morgan fingerprint density at radius 1 is 1.62 bits per heavy atom. The normalized spacial score (nSPS) is 12.6. The van der Waals surface area contributed by atoms with Crippen LogP contribution in [-0.4, -0.2) is 16.9 Å². The number of hydrogen-bond donors (Lipinski definition) is 2. The van der Waals surface area contributed by atoms with Gasteiger partial charge in [-0.2, -0.15) is 0 Å². The highest BCUT2D eigenvalue weighted by molar-refractivity contribution is 7.16. The fourth-order valence-corrected chi connectivity index (χ4v) is 2.07. The smallest absolute Gasteiger partial charge is 0.241 e. The molecule has 84 valence electrons. The van der Waals surface area contributed by atoms with Gasteiger partial charge in [-0.25, -0.2) is 4.98 Å². The van der Waals surface area contributed by atoms with Gasteiger partial charge in [0.15, 0.2) is 0 Å². The highest BCUT2D eigenvalue weighted by atomic mass is 32.1. The van der Waals surface area contributed by atoms with Crippen molar-refractivity contribution in [1.29, 1.82) is 0 Å². The van der Waals surface area contributed by atoms with Crippen molar-refractivity contribution in [3.05, 3.63) is 23.7 Å². The SMILES string of the molecule is CC[C@H](N)C(=O)Nc1ccc2ncsc2c1. The molecule has 0 aliphatic rings. The lowest BCUT2D eigenvalue weighted by Crippen LogP contribution is -2.34. The number of hydrogen-bond acceptors (Lipinski definition) is 4. The van der Waals surface area contributed by atoms with Gasteiger partial charge >= 0.3 is 0 Å². The zero-order valence-electron chi connectivity index (χ0n) is 8.93. The van der Waals surface area contributed by atoms with E-state index in [2.05, 4.69) is 10.3 Å². The summed E-state index contributed by atoms with van der Waals surface area (Å²) in [6.45, 7) is 1.89. The minimum atomic E-state index is -0.447. The van der Waals surface area contributed by atoms with Gasteiger partial charge in [-0.1, -0.05) is 6.92 Å². The zero-order valence-corrected chi connectivity index (χ0v) is 9.75. The van der Waals surface area contributed by atoms with E-state index in [0.717, 1.165) is 15.9 Å². The molecule has 16 heavy (non-hydrogen) atoms. The third kappa shape index (κ3) is 2.20. The Morgan fingerprint density at radius 3 is 3.19 bits per heavy atom. The molecule has 3 N–H and O–H groups in total. The van der Waals surface area contributed by atoms with Crippen LogP contribution >= 0.6 is 11.3 Å². The van der Waals surface area contributed by atoms with E-state index in [4.69, 9.17) is 5.73 Å². The van der Waals surface area contributed by atoms with Crippen molar-refractivity contribution in [3.8, 4) is 0 Å². The van der Waals surface area contributed by atoms with Crippen LogP contribution < -0.4 is 11.1 Å². The summed E-state index contributed by atoms with van der Waals surface area (Å²) in [5.74, 6) is -0.147. The number of nitrogens with one attached hydrogen (secondary N) is 1. The lowest BCUT2D eigenvalue weighted by molar-refractivity contribution is -0.117. The first-order chi connectivity index (χ1) is 7.70. The van der Waals surface area contributed by atoms with E-state index in [0.29, 0.717) is 6.42 Å². The predicted molar refractivity (Wildman–Crippen MR) is 66.5 cm³/mol. The summed E-state index contributed by atoms with van der Waals surface area (Å²) in [5.41, 5.74) is 9.14. The van der Waals surface area contributed by atoms with Crippen molar-refractivity contribution in [1.82, 2.24) is 4.98 Å². The quantitative estimate of drug-likeness (QED) is 0.854. The number of benzene rings is 1. The second kappa shape index (κ2) is 4.59. The fraction of sp³-hybridized carbons (Fsp3) is 0.273. The van der Waals surface area contributed by atoms with E-state index in [1.807, 2.05) is 25.1 Å². The number of rotatable bonds is 3. The monoisotopic (exact) mass is 235 g/mol. The average molecular weight is 235 g/mol. The summed E-state index contributed by atoms with van der Waals surface area (Å²) in [6.07, 6.45) is 0.634. The Hall–Kier alpha value is -1.46. The van der Waals surface area contributed by atoms with E-state index in [9.17, 15) is 4.79 Å². The first-order valence-electron chi connectivity index (χ1n) is 5.10. The van der Waals surface area contributed by atoms with Crippen LogP contribution in [-0.2, 0) is 4.79 Å². The maximum Gasteiger partial charge on any atom is 0.241 e. The Morgan fingerprint density at radius 2 is 2.44 bits per heavy atom. The summed E-state index contributed by atoms with van der Waals surface area (Å²) in [5, 5.41) is 2.79. The third-order valence-electron chi connectivity index (χ3n) is 2.38. The van der Waals surface area contributed by atoms with Gasteiger partial charge in [-0.3, -0.25) is 4.79 Å². The van der Waals surface area contributed by atoms with E-state index in [-0.39, 0.29) is 5.91 Å². The maximum atomic E-state index is 11.6. The number of aromatic nitrogens is 1. The summed E-state index contributed by atoms with van der Waals surface area (Å²) in [7, 11) is 0. The molecule has 1 heterocycles. The minimum Gasteiger partial charge on any atom is -0.325 e. The van der Waals surface area contributed by atoms with Crippen LogP contribution in [0, 0.1) is 0 Å². The number of carbonyl (C=O) groups excluding carboxylic acids is 1. The predicted octanol–water partition coefficient (Wildman–Crippen LogP) is 1.97. The molecule has 1 aromatic carbocycles. The summed E-state index contributed by atoms with van der Waals surface area (Å²) in [6, 6.07) is 5.19. The molecule has 0 fully saturated rings. The van der Waals surface area contributed by atoms with E-state index in [1.54, 1.807) is 16.8 Å². The van der Waals surface area contributed by atoms with Crippen LogP contribution in [0.15, 0.2) is 23.7 Å². The molecule has 0 saturated heterocycles. The molecule has 0 radical (unpaired) electrons. The Bertz CT molecular complexity index is 509. The average Bonchev–Trinajstić information content (AvgIpc) is 2.75. The van der Waals surface area contributed by atoms with Gasteiger partial charge in [0, 0.05) is 5.69 Å². The van der Waals surface area contributed by atoms with Crippen LogP contribution in [0.2, 0.25) is 0 Å². The van der Waals surface area contributed by atoms with Crippen LogP contribution in [0.3, 0.4) is 0 Å². The molecule has 2 rings (SSSR count). The summed E-state index contributed by atoms with van der Waals surface area (Å²) in [4.78, 5) is 15.7. The number of amides is 1. The molecule has 1 amide bonds. The van der Waals surface area contributed by atoms with E-state index in [1.165, 1.54) is 0 Å². The van der Waals surface area contributed by atoms with Crippen molar-refractivity contribution in [2.45, 2.75) is 19.4 Å². The molecule has 0 unspecified atom stereocenters. The number of carbonyl (C=O) groups is 1. The van der Waals surface area contributed by atoms with Gasteiger partial charge in [0.05, 0.1) is 21.8 Å². The molecular formula is C11H13N3OS. The van der Waals surface area contributed by atoms with Crippen LogP contribution in [0.1, 0.15) is 13.3 Å². The standard InChI is InChI=1S/C11H13N3OS/c1-2-8(12)11(15)14-7-3-4-9-10(5-7)16-6-13-9/h3-6,8H,2,12H2,1H3,(H,14,15)/t8-/m0/s1. The molecule has 5 heteroatoms. The van der Waals surface area contributed by atoms with Gasteiger partial charge in [0.25, 0.3) is 0 Å². The van der Waals surface area contributed by atoms with E-state index < -0.39 is 6.04 Å². The number of nitrogens with two attached hydrogens (primary N) is 1. The molecular weight excluding hydrogens is 222 g/mol. The summed E-state index contributed by atoms with van der Waals surface area (Å²) >= 11 is 1.55. The van der Waals surface area contributed by atoms with Crippen molar-refractivity contribution in [2.24, 2.45) is 5.73 Å². The lowest BCUT2D eigenvalue weighted by atomic mass is 10.2. The number of fused-ring (bicyclic) bond motifs is 1. The molecule has 0 saturated carbocycles. The third-order valence-corrected chi connectivity index (χ3v) is 3.17. The highest BCUT2D eigenvalue weighted by Gasteiger charge is 2.11. The van der Waals surface area contributed by atoms with Crippen LogP contribution in [0.25, 0.3) is 10.2 Å². The Labute approximate surface area is 97.5 Å². The second-order valence-electron chi connectivity index (χ2n) is 3.54. The van der Waals surface area contributed by atoms with Crippen molar-refractivity contribution in [2.75, 3.05) is 5.32 Å². The zero-order chi connectivity index (χ0) is 11.5. The largest absolute Gasteiger partial charge is 0.325 e. The van der Waals surface area contributed by atoms with Gasteiger partial charge in [-0.05, 0) is 24.6 Å². The Kier molecular flexibility index (Phi) is 3.17. The molecule has 1 atom stereocenters. The van der Waals surface area contributed by atoms with Gasteiger partial charge < -0.3 is 11.1 Å². The number of nitrogens with zero attached hydrogens (tertiary/aromatic N) is 1. The molecule has 0 bridgehead atoms. The van der Waals surface area contributed by atoms with Crippen LogP contribution in [0.5, 0.6) is 0 Å². The number of thiazole rings is 1. The molecule has 0 aliphatic heterocycles. The topological polar surface area (TPSA) is 68.0 Å². The molecule has 2 aromatic rings. The second-order valence-corrected chi connectivity index (χ2v) is 4.43. The van der Waals surface area contributed by atoms with Crippen molar-refractivity contribution >= 4 is 33.1 Å². The van der Waals surface area contributed by atoms with E-state index >= 15 is 0 Å². The molecule has 1 aromatic heterocycles. The van der Waals surface area contributed by atoms with Crippen molar-refractivity contribution < 1.29 is 4.79 Å². The molecule has 0 aliphatic carbocycles. The van der Waals surface area contributed by atoms with Gasteiger partial charge in [0.2, 0.25) is 5.91 Å². The first kappa shape index (κ1) is 11.0. The first-order valence-corrected chi connectivity index (χ1v) is 5.98. The molecule has 4 nitrogen and oxygen atoms in total. The number of anilines is 1. The Balaban J connectivity index is 2.17. The maximum absolute atomic E-state index is 11.6. The van der Waals surface area contributed by atoms with Gasteiger partial charge in [0.1, 0.15) is 0 Å². The lowest BCUT2D eigenvalue weighted by Gasteiger charge is -2.09. The van der Waals surface area contributed by atoms with Crippen molar-refractivity contribution in [3.63, 3.8) is 0 Å².